The van der Waals surface area contributed by atoms with Crippen molar-refractivity contribution in [3.05, 3.63) is 22.6 Å². The average Bonchev–Trinajstić information content (AvgIpc) is 2.92. The van der Waals surface area contributed by atoms with Crippen molar-refractivity contribution in [2.24, 2.45) is 5.92 Å². The lowest BCUT2D eigenvalue weighted by Crippen LogP contribution is -2.38. The normalized spacial score (nSPS) is 15.6. The number of likely N-dealkylation sites (tertiary alicyclic amines) is 1. The van der Waals surface area contributed by atoms with Crippen LogP contribution in [0, 0.1) is 5.92 Å². The van der Waals surface area contributed by atoms with E-state index in [1.54, 1.807) is 12.1 Å². The Morgan fingerprint density at radius 1 is 1.25 bits per heavy atom. The maximum absolute atomic E-state index is 12.1. The highest BCUT2D eigenvalue weighted by molar-refractivity contribution is 5.93. The van der Waals surface area contributed by atoms with E-state index >= 15 is 0 Å². The zero-order valence-electron chi connectivity index (χ0n) is 13.6. The van der Waals surface area contributed by atoms with Gasteiger partial charge in [0.25, 0.3) is 0 Å². The third kappa shape index (κ3) is 3.81. The monoisotopic (exact) mass is 331 g/mol. The minimum atomic E-state index is -0.345. The van der Waals surface area contributed by atoms with Crippen molar-refractivity contribution in [2.45, 2.75) is 32.6 Å². The number of aromatic nitrogens is 3. The van der Waals surface area contributed by atoms with E-state index in [0.29, 0.717) is 22.9 Å². The first kappa shape index (κ1) is 16.2. The molecule has 2 amide bonds. The van der Waals surface area contributed by atoms with Gasteiger partial charge in [0.05, 0.1) is 5.52 Å². The minimum absolute atomic E-state index is 0.0235. The molecule has 128 valence electrons. The molecule has 3 N–H and O–H groups in total. The van der Waals surface area contributed by atoms with Crippen LogP contribution < -0.4 is 11.0 Å². The molecule has 1 aliphatic rings. The fraction of sp³-hybridized carbons (Fsp3) is 0.500. The number of carbonyl (C=O) groups is 2. The third-order valence-corrected chi connectivity index (χ3v) is 4.35. The fourth-order valence-electron chi connectivity index (χ4n) is 2.83. The predicted molar refractivity (Wildman–Crippen MR) is 89.6 cm³/mol. The zero-order valence-corrected chi connectivity index (χ0v) is 13.6. The van der Waals surface area contributed by atoms with Gasteiger partial charge in [-0.2, -0.15) is 0 Å². The van der Waals surface area contributed by atoms with Crippen molar-refractivity contribution in [3.63, 3.8) is 0 Å². The number of pyridine rings is 1. The van der Waals surface area contributed by atoms with Crippen LogP contribution in [0.3, 0.4) is 0 Å². The molecule has 3 heterocycles. The molecule has 1 saturated heterocycles. The Balaban J connectivity index is 1.51. The van der Waals surface area contributed by atoms with Crippen molar-refractivity contribution < 1.29 is 9.59 Å². The molecule has 24 heavy (non-hydrogen) atoms. The molecule has 0 atom stereocenters. The van der Waals surface area contributed by atoms with Crippen LogP contribution in [0.2, 0.25) is 0 Å². The number of carbonyl (C=O) groups excluding carboxylic acids is 2. The van der Waals surface area contributed by atoms with Crippen molar-refractivity contribution in [1.82, 2.24) is 19.9 Å². The lowest BCUT2D eigenvalue weighted by molar-refractivity contribution is -0.134. The van der Waals surface area contributed by atoms with Gasteiger partial charge in [0.15, 0.2) is 5.65 Å². The van der Waals surface area contributed by atoms with E-state index in [4.69, 9.17) is 0 Å². The van der Waals surface area contributed by atoms with Crippen molar-refractivity contribution >= 4 is 28.8 Å². The SMILES string of the molecule is CC1CCN(C(=O)CCC(=O)Nc2ccc3[nH]c(=O)[nH]c3n2)CC1. The zero-order chi connectivity index (χ0) is 17.1. The molecule has 2 aromatic heterocycles. The van der Waals surface area contributed by atoms with Gasteiger partial charge in [-0.1, -0.05) is 6.92 Å². The van der Waals surface area contributed by atoms with Crippen molar-refractivity contribution in [3.8, 4) is 0 Å². The second-order valence-corrected chi connectivity index (χ2v) is 6.28. The van der Waals surface area contributed by atoms with Gasteiger partial charge in [-0.15, -0.1) is 0 Å². The Kier molecular flexibility index (Phi) is 4.64. The maximum Gasteiger partial charge on any atom is 0.325 e. The number of aromatic amines is 2. The van der Waals surface area contributed by atoms with Crippen LogP contribution in [0.4, 0.5) is 5.82 Å². The largest absolute Gasteiger partial charge is 0.343 e. The summed E-state index contributed by atoms with van der Waals surface area (Å²) in [7, 11) is 0. The highest BCUT2D eigenvalue weighted by Gasteiger charge is 2.20. The Hall–Kier alpha value is -2.64. The fourth-order valence-corrected chi connectivity index (χ4v) is 2.83. The van der Waals surface area contributed by atoms with E-state index in [2.05, 4.69) is 27.2 Å². The molecule has 0 unspecified atom stereocenters. The summed E-state index contributed by atoms with van der Waals surface area (Å²) in [6.07, 6.45) is 2.37. The van der Waals surface area contributed by atoms with Gasteiger partial charge in [0.2, 0.25) is 11.8 Å². The summed E-state index contributed by atoms with van der Waals surface area (Å²) in [5.74, 6) is 0.772. The van der Waals surface area contributed by atoms with Crippen LogP contribution in [0.15, 0.2) is 16.9 Å². The quantitative estimate of drug-likeness (QED) is 0.782. The number of H-pyrrole nitrogens is 2. The molecule has 0 bridgehead atoms. The van der Waals surface area contributed by atoms with Crippen molar-refractivity contribution in [2.75, 3.05) is 18.4 Å². The molecule has 8 nitrogen and oxygen atoms in total. The molecular weight excluding hydrogens is 310 g/mol. The van der Waals surface area contributed by atoms with Crippen LogP contribution in [-0.2, 0) is 9.59 Å². The van der Waals surface area contributed by atoms with E-state index in [-0.39, 0.29) is 30.3 Å². The number of hydrogen-bond acceptors (Lipinski definition) is 4. The van der Waals surface area contributed by atoms with E-state index in [1.165, 1.54) is 0 Å². The summed E-state index contributed by atoms with van der Waals surface area (Å²) in [4.78, 5) is 46.4. The second kappa shape index (κ2) is 6.86. The Labute approximate surface area is 138 Å². The molecule has 0 spiro atoms. The number of hydrogen-bond donors (Lipinski definition) is 3. The molecule has 0 saturated carbocycles. The van der Waals surface area contributed by atoms with Gasteiger partial charge in [-0.3, -0.25) is 14.6 Å². The molecule has 0 aromatic carbocycles. The predicted octanol–water partition coefficient (Wildman–Crippen LogP) is 1.23. The third-order valence-electron chi connectivity index (χ3n) is 4.35. The number of nitrogens with one attached hydrogen (secondary N) is 3. The molecule has 0 aliphatic carbocycles. The summed E-state index contributed by atoms with van der Waals surface area (Å²) < 4.78 is 0. The average molecular weight is 331 g/mol. The second-order valence-electron chi connectivity index (χ2n) is 6.28. The van der Waals surface area contributed by atoms with Gasteiger partial charge in [-0.25, -0.2) is 9.78 Å². The molecule has 1 aliphatic heterocycles. The minimum Gasteiger partial charge on any atom is -0.343 e. The first-order valence-electron chi connectivity index (χ1n) is 8.18. The van der Waals surface area contributed by atoms with Gasteiger partial charge >= 0.3 is 5.69 Å². The van der Waals surface area contributed by atoms with Gasteiger partial charge < -0.3 is 15.2 Å². The van der Waals surface area contributed by atoms with E-state index < -0.39 is 0 Å². The van der Waals surface area contributed by atoms with Crippen LogP contribution in [0.1, 0.15) is 32.6 Å². The number of rotatable bonds is 4. The van der Waals surface area contributed by atoms with Crippen LogP contribution in [0.25, 0.3) is 11.2 Å². The molecule has 1 fully saturated rings. The smallest absolute Gasteiger partial charge is 0.325 e. The molecule has 8 heteroatoms. The lowest BCUT2D eigenvalue weighted by Gasteiger charge is -2.30. The number of imidazole rings is 1. The summed E-state index contributed by atoms with van der Waals surface area (Å²) >= 11 is 0. The Bertz CT molecular complexity index is 801. The highest BCUT2D eigenvalue weighted by Crippen LogP contribution is 2.17. The standard InChI is InChI=1S/C16H21N5O3/c1-10-6-8-21(9-7-10)14(23)5-4-13(22)18-12-3-2-11-15(19-12)20-16(24)17-11/h2-3,10H,4-9H2,1H3,(H3,17,18,19,20,22,24). The van der Waals surface area contributed by atoms with Gasteiger partial charge in [0, 0.05) is 25.9 Å². The topological polar surface area (TPSA) is 111 Å². The summed E-state index contributed by atoms with van der Waals surface area (Å²) in [5, 5.41) is 2.65. The Morgan fingerprint density at radius 3 is 2.75 bits per heavy atom. The van der Waals surface area contributed by atoms with E-state index in [0.717, 1.165) is 25.9 Å². The van der Waals surface area contributed by atoms with Crippen LogP contribution in [0.5, 0.6) is 0 Å². The maximum atomic E-state index is 12.1. The first-order chi connectivity index (χ1) is 11.5. The van der Waals surface area contributed by atoms with Gasteiger partial charge in [0.1, 0.15) is 5.82 Å². The Morgan fingerprint density at radius 2 is 2.00 bits per heavy atom. The molecular formula is C16H21N5O3. The van der Waals surface area contributed by atoms with Crippen LogP contribution in [-0.4, -0.2) is 44.8 Å². The summed E-state index contributed by atoms with van der Waals surface area (Å²) in [5.41, 5.74) is 0.617. The van der Waals surface area contributed by atoms with Crippen molar-refractivity contribution in [1.29, 1.82) is 0 Å². The number of anilines is 1. The number of fused-ring (bicyclic) bond motifs is 1. The lowest BCUT2D eigenvalue weighted by atomic mass is 9.99. The van der Waals surface area contributed by atoms with Crippen LogP contribution >= 0.6 is 0 Å². The molecule has 2 aromatic rings. The summed E-state index contributed by atoms with van der Waals surface area (Å²) in [6.45, 7) is 3.75. The van der Waals surface area contributed by atoms with E-state index in [9.17, 15) is 14.4 Å². The number of piperidine rings is 1. The number of nitrogens with zero attached hydrogens (tertiary/aromatic N) is 2. The first-order valence-corrected chi connectivity index (χ1v) is 8.18. The number of amides is 2. The molecule has 0 radical (unpaired) electrons. The van der Waals surface area contributed by atoms with E-state index in [1.807, 2.05) is 4.90 Å². The van der Waals surface area contributed by atoms with Gasteiger partial charge in [-0.05, 0) is 30.9 Å². The molecule has 3 rings (SSSR count). The summed E-state index contributed by atoms with van der Waals surface area (Å²) in [6, 6.07) is 3.27. The highest BCUT2D eigenvalue weighted by atomic mass is 16.2.